The van der Waals surface area contributed by atoms with Crippen molar-refractivity contribution in [2.24, 2.45) is 0 Å². The van der Waals surface area contributed by atoms with Gasteiger partial charge in [-0.2, -0.15) is 0 Å². The van der Waals surface area contributed by atoms with E-state index in [1.807, 2.05) is 0 Å². The van der Waals surface area contributed by atoms with Gasteiger partial charge in [0, 0.05) is 12.6 Å². The van der Waals surface area contributed by atoms with E-state index in [0.717, 1.165) is 12.3 Å². The van der Waals surface area contributed by atoms with Crippen LogP contribution in [0, 0.1) is 6.92 Å². The molecule has 1 unspecified atom stereocenters. The fourth-order valence-corrected chi connectivity index (χ4v) is 3.18. The van der Waals surface area contributed by atoms with Crippen LogP contribution in [0.5, 0.6) is 5.75 Å². The van der Waals surface area contributed by atoms with Crippen LogP contribution in [0.15, 0.2) is 42.5 Å². The number of rotatable bonds is 4. The maximum absolute atomic E-state index is 5.38. The largest absolute Gasteiger partial charge is 0.497 e. The van der Waals surface area contributed by atoms with E-state index in [2.05, 4.69) is 54.7 Å². The summed E-state index contributed by atoms with van der Waals surface area (Å²) in [5.41, 5.74) is 5.54. The Bertz CT molecular complexity index is 621. The molecule has 2 heteroatoms. The Balaban J connectivity index is 1.75. The van der Waals surface area contributed by atoms with Crippen molar-refractivity contribution in [2.45, 2.75) is 38.8 Å². The van der Waals surface area contributed by atoms with E-state index < -0.39 is 0 Å². The number of aryl methyl sites for hydroxylation is 2. The first kappa shape index (κ1) is 14.2. The van der Waals surface area contributed by atoms with Crippen LogP contribution >= 0.6 is 0 Å². The summed E-state index contributed by atoms with van der Waals surface area (Å²) in [6, 6.07) is 15.6. The van der Waals surface area contributed by atoms with Gasteiger partial charge in [0.2, 0.25) is 0 Å². The smallest absolute Gasteiger partial charge is 0.119 e. The minimum Gasteiger partial charge on any atom is -0.497 e. The maximum atomic E-state index is 5.38. The average molecular weight is 281 g/mol. The number of fused-ring (bicyclic) bond motifs is 1. The topological polar surface area (TPSA) is 21.3 Å². The fourth-order valence-electron chi connectivity index (χ4n) is 3.18. The highest BCUT2D eigenvalue weighted by molar-refractivity contribution is 5.39. The zero-order chi connectivity index (χ0) is 14.7. The van der Waals surface area contributed by atoms with Crippen LogP contribution in [-0.2, 0) is 13.0 Å². The molecule has 110 valence electrons. The maximum Gasteiger partial charge on any atom is 0.119 e. The first-order valence-corrected chi connectivity index (χ1v) is 7.72. The second kappa shape index (κ2) is 6.31. The van der Waals surface area contributed by atoms with Gasteiger partial charge in [-0.15, -0.1) is 0 Å². The lowest BCUT2D eigenvalue weighted by Crippen LogP contribution is -2.25. The molecular weight excluding hydrogens is 258 g/mol. The minimum atomic E-state index is 0.435. The van der Waals surface area contributed by atoms with Crippen LogP contribution in [0.4, 0.5) is 0 Å². The highest BCUT2D eigenvalue weighted by atomic mass is 16.5. The Morgan fingerprint density at radius 3 is 2.90 bits per heavy atom. The molecule has 0 bridgehead atoms. The van der Waals surface area contributed by atoms with Gasteiger partial charge in [0.05, 0.1) is 7.11 Å². The van der Waals surface area contributed by atoms with Gasteiger partial charge >= 0.3 is 0 Å². The summed E-state index contributed by atoms with van der Waals surface area (Å²) in [7, 11) is 1.74. The van der Waals surface area contributed by atoms with Crippen molar-refractivity contribution in [3.63, 3.8) is 0 Å². The molecule has 0 spiro atoms. The third-order valence-electron chi connectivity index (χ3n) is 4.30. The minimum absolute atomic E-state index is 0.435. The molecule has 0 heterocycles. The number of hydrogen-bond acceptors (Lipinski definition) is 2. The molecule has 0 fully saturated rings. The van der Waals surface area contributed by atoms with Crippen LogP contribution in [0.1, 0.15) is 41.1 Å². The Morgan fingerprint density at radius 1 is 1.19 bits per heavy atom. The predicted octanol–water partition coefficient (Wildman–Crippen LogP) is 4.17. The van der Waals surface area contributed by atoms with E-state index in [9.17, 15) is 0 Å². The lowest BCUT2D eigenvalue weighted by atomic mass is 9.87. The molecule has 0 saturated heterocycles. The number of nitrogens with one attached hydrogen (secondary N) is 1. The molecule has 3 rings (SSSR count). The van der Waals surface area contributed by atoms with Gasteiger partial charge in [0.15, 0.2) is 0 Å². The molecule has 1 aliphatic rings. The van der Waals surface area contributed by atoms with E-state index in [1.165, 1.54) is 41.5 Å². The molecule has 21 heavy (non-hydrogen) atoms. The Morgan fingerprint density at radius 2 is 2.10 bits per heavy atom. The highest BCUT2D eigenvalue weighted by Gasteiger charge is 2.20. The molecule has 1 aliphatic carbocycles. The van der Waals surface area contributed by atoms with Crippen molar-refractivity contribution >= 4 is 0 Å². The van der Waals surface area contributed by atoms with Crippen molar-refractivity contribution in [3.05, 3.63) is 64.7 Å². The van der Waals surface area contributed by atoms with Gasteiger partial charge in [-0.3, -0.25) is 0 Å². The molecule has 0 aromatic heterocycles. The second-order valence-electron chi connectivity index (χ2n) is 5.88. The Labute approximate surface area is 127 Å². The Kier molecular flexibility index (Phi) is 4.26. The summed E-state index contributed by atoms with van der Waals surface area (Å²) in [5.74, 6) is 0.956. The standard InChI is InChI=1S/C19H23NO/c1-14-5-3-6-15(11-14)13-20-19-8-4-7-16-9-10-17(21-2)12-18(16)19/h3,5-6,9-12,19-20H,4,7-8,13H2,1-2H3. The third kappa shape index (κ3) is 3.27. The Hall–Kier alpha value is -1.80. The van der Waals surface area contributed by atoms with Crippen molar-refractivity contribution in [2.75, 3.05) is 7.11 Å². The fraction of sp³-hybridized carbons (Fsp3) is 0.368. The summed E-state index contributed by atoms with van der Waals surface area (Å²) >= 11 is 0. The third-order valence-corrected chi connectivity index (χ3v) is 4.30. The molecule has 2 aromatic carbocycles. The van der Waals surface area contributed by atoms with E-state index >= 15 is 0 Å². The molecule has 2 aromatic rings. The SMILES string of the molecule is COc1ccc2c(c1)C(NCc1cccc(C)c1)CCC2. The first-order chi connectivity index (χ1) is 10.3. The first-order valence-electron chi connectivity index (χ1n) is 7.72. The van der Waals surface area contributed by atoms with E-state index in [-0.39, 0.29) is 0 Å². The quantitative estimate of drug-likeness (QED) is 0.908. The molecule has 1 N–H and O–H groups in total. The van der Waals surface area contributed by atoms with Gasteiger partial charge in [-0.25, -0.2) is 0 Å². The lowest BCUT2D eigenvalue weighted by molar-refractivity contribution is 0.408. The number of benzene rings is 2. The monoisotopic (exact) mass is 281 g/mol. The average Bonchev–Trinajstić information content (AvgIpc) is 2.52. The molecular formula is C19H23NO. The van der Waals surface area contributed by atoms with Crippen LogP contribution in [-0.4, -0.2) is 7.11 Å². The van der Waals surface area contributed by atoms with Gasteiger partial charge < -0.3 is 10.1 Å². The summed E-state index contributed by atoms with van der Waals surface area (Å²) in [6.07, 6.45) is 3.64. The predicted molar refractivity (Wildman–Crippen MR) is 86.7 cm³/mol. The van der Waals surface area contributed by atoms with Gasteiger partial charge in [-0.05, 0) is 55.0 Å². The molecule has 0 saturated carbocycles. The highest BCUT2D eigenvalue weighted by Crippen LogP contribution is 2.32. The lowest BCUT2D eigenvalue weighted by Gasteiger charge is -2.27. The molecule has 0 radical (unpaired) electrons. The van der Waals surface area contributed by atoms with Gasteiger partial charge in [0.1, 0.15) is 5.75 Å². The molecule has 1 atom stereocenters. The van der Waals surface area contributed by atoms with Crippen LogP contribution < -0.4 is 10.1 Å². The summed E-state index contributed by atoms with van der Waals surface area (Å²) < 4.78 is 5.38. The van der Waals surface area contributed by atoms with Crippen molar-refractivity contribution < 1.29 is 4.74 Å². The zero-order valence-electron chi connectivity index (χ0n) is 12.9. The van der Waals surface area contributed by atoms with E-state index in [1.54, 1.807) is 7.11 Å². The zero-order valence-corrected chi connectivity index (χ0v) is 12.9. The summed E-state index contributed by atoms with van der Waals surface area (Å²) in [4.78, 5) is 0. The van der Waals surface area contributed by atoms with Crippen LogP contribution in [0.3, 0.4) is 0 Å². The molecule has 2 nitrogen and oxygen atoms in total. The van der Waals surface area contributed by atoms with Gasteiger partial charge in [-0.1, -0.05) is 35.9 Å². The number of ether oxygens (including phenoxy) is 1. The van der Waals surface area contributed by atoms with Crippen molar-refractivity contribution in [3.8, 4) is 5.75 Å². The van der Waals surface area contributed by atoms with Crippen LogP contribution in [0.2, 0.25) is 0 Å². The van der Waals surface area contributed by atoms with Gasteiger partial charge in [0.25, 0.3) is 0 Å². The molecule has 0 aliphatic heterocycles. The van der Waals surface area contributed by atoms with Crippen LogP contribution in [0.25, 0.3) is 0 Å². The van der Waals surface area contributed by atoms with Crippen molar-refractivity contribution in [1.29, 1.82) is 0 Å². The summed E-state index contributed by atoms with van der Waals surface area (Å²) in [5, 5.41) is 3.72. The molecule has 0 amide bonds. The normalized spacial score (nSPS) is 17.3. The summed E-state index contributed by atoms with van der Waals surface area (Å²) in [6.45, 7) is 3.06. The second-order valence-corrected chi connectivity index (χ2v) is 5.88. The van der Waals surface area contributed by atoms with Crippen molar-refractivity contribution in [1.82, 2.24) is 5.32 Å². The van der Waals surface area contributed by atoms with E-state index in [0.29, 0.717) is 6.04 Å². The van der Waals surface area contributed by atoms with E-state index in [4.69, 9.17) is 4.74 Å². The number of hydrogen-bond donors (Lipinski definition) is 1. The number of methoxy groups -OCH3 is 1.